The van der Waals surface area contributed by atoms with Crippen LogP contribution in [0, 0.1) is 0 Å². The predicted molar refractivity (Wildman–Crippen MR) is 64.9 cm³/mol. The van der Waals surface area contributed by atoms with Crippen molar-refractivity contribution >= 4 is 0 Å². The zero-order valence-corrected chi connectivity index (χ0v) is 10.8. The van der Waals surface area contributed by atoms with Crippen molar-refractivity contribution in [3.63, 3.8) is 0 Å². The van der Waals surface area contributed by atoms with Crippen LogP contribution in [0.4, 0.5) is 0 Å². The zero-order valence-electron chi connectivity index (χ0n) is 9.77. The number of hydrogen-bond donors (Lipinski definition) is 6. The summed E-state index contributed by atoms with van der Waals surface area (Å²) in [4.78, 5) is -0.0400. The molecule has 3 atom stereocenters. The number of hydrogen-bond acceptors (Lipinski definition) is 6. The van der Waals surface area contributed by atoms with Crippen LogP contribution in [0.15, 0.2) is 0 Å². The van der Waals surface area contributed by atoms with E-state index in [1.165, 1.54) is 0 Å². The average Bonchev–Trinajstić information content (AvgIpc) is 2.19. The van der Waals surface area contributed by atoms with Gasteiger partial charge in [-0.2, -0.15) is 0 Å². The van der Waals surface area contributed by atoms with Crippen molar-refractivity contribution in [2.45, 2.75) is 34.2 Å². The molecule has 0 aromatic heterocycles. The van der Waals surface area contributed by atoms with Crippen molar-refractivity contribution in [3.05, 3.63) is 0 Å². The van der Waals surface area contributed by atoms with Gasteiger partial charge in [0.2, 0.25) is 0 Å². The van der Waals surface area contributed by atoms with Gasteiger partial charge in [0.15, 0.2) is 0 Å². The van der Waals surface area contributed by atoms with Crippen LogP contribution in [0.5, 0.6) is 0 Å². The molecule has 7 heteroatoms. The predicted octanol–water partition coefficient (Wildman–Crippen LogP) is -2.49. The molecule has 0 bridgehead atoms. The van der Waals surface area contributed by atoms with Crippen LogP contribution in [0.3, 0.4) is 0 Å². The Hall–Kier alpha value is 0.266. The van der Waals surface area contributed by atoms with Crippen LogP contribution in [-0.4, -0.2) is 34.6 Å². The third kappa shape index (κ3) is 5.55. The Labute approximate surface area is 102 Å². The SMILES string of the molecule is NCC[CH](N)[Co]([CH](N)CCN)[CH](N)CCN. The van der Waals surface area contributed by atoms with E-state index in [4.69, 9.17) is 34.4 Å². The monoisotopic (exact) mass is 278 g/mol. The van der Waals surface area contributed by atoms with E-state index in [0.717, 1.165) is 19.3 Å². The summed E-state index contributed by atoms with van der Waals surface area (Å²) in [6.07, 6.45) is 2.25. The van der Waals surface area contributed by atoms with Gasteiger partial charge in [-0.05, 0) is 0 Å². The maximum absolute atomic E-state index is 6.10. The summed E-state index contributed by atoms with van der Waals surface area (Å²) in [6.45, 7) is 1.68. The zero-order chi connectivity index (χ0) is 12.6. The van der Waals surface area contributed by atoms with Crippen LogP contribution in [0.25, 0.3) is 0 Å². The van der Waals surface area contributed by atoms with E-state index in [1.54, 1.807) is 0 Å². The van der Waals surface area contributed by atoms with Crippen molar-refractivity contribution in [1.29, 1.82) is 0 Å². The van der Waals surface area contributed by atoms with Gasteiger partial charge in [-0.1, -0.05) is 0 Å². The molecule has 0 aliphatic heterocycles. The molecule has 0 aliphatic carbocycles. The molecule has 0 rings (SSSR count). The van der Waals surface area contributed by atoms with Gasteiger partial charge in [-0.25, -0.2) is 0 Å². The molecule has 0 amide bonds. The first-order valence-electron chi connectivity index (χ1n) is 5.53. The Morgan fingerprint density at radius 2 is 0.875 bits per heavy atom. The Morgan fingerprint density at radius 1 is 0.625 bits per heavy atom. The molecule has 12 N–H and O–H groups in total. The van der Waals surface area contributed by atoms with Crippen LogP contribution in [0.1, 0.15) is 19.3 Å². The van der Waals surface area contributed by atoms with E-state index in [2.05, 4.69) is 0 Å². The molecular weight excluding hydrogens is 251 g/mol. The minimum absolute atomic E-state index is 0.0133. The summed E-state index contributed by atoms with van der Waals surface area (Å²) in [6, 6.07) is 0. The molecule has 3 unspecified atom stereocenters. The van der Waals surface area contributed by atoms with Crippen molar-refractivity contribution in [3.8, 4) is 0 Å². The molecule has 0 radical (unpaired) electrons. The molecule has 102 valence electrons. The van der Waals surface area contributed by atoms with Gasteiger partial charge in [0.1, 0.15) is 0 Å². The number of nitrogens with two attached hydrogens (primary N) is 6. The minimum atomic E-state index is -0.643. The topological polar surface area (TPSA) is 156 Å². The summed E-state index contributed by atoms with van der Waals surface area (Å²) in [5.41, 5.74) is 34.8. The molecule has 0 aromatic rings. The van der Waals surface area contributed by atoms with E-state index in [0.29, 0.717) is 19.6 Å². The van der Waals surface area contributed by atoms with Gasteiger partial charge in [-0.15, -0.1) is 0 Å². The molecule has 0 heterocycles. The summed E-state index contributed by atoms with van der Waals surface area (Å²) in [7, 11) is 0. The van der Waals surface area contributed by atoms with Crippen molar-refractivity contribution in [1.82, 2.24) is 0 Å². The van der Waals surface area contributed by atoms with Crippen LogP contribution < -0.4 is 34.4 Å². The van der Waals surface area contributed by atoms with Crippen LogP contribution >= 0.6 is 0 Å². The average molecular weight is 278 g/mol. The van der Waals surface area contributed by atoms with Crippen LogP contribution in [0.2, 0.25) is 0 Å². The molecule has 0 spiro atoms. The first kappa shape index (κ1) is 16.3. The Bertz CT molecular complexity index is 142. The van der Waals surface area contributed by atoms with Crippen molar-refractivity contribution in [2.75, 3.05) is 19.6 Å². The fraction of sp³-hybridized carbons (Fsp3) is 1.00. The Balaban J connectivity index is 4.47. The normalized spacial score (nSPS) is 18.0. The van der Waals surface area contributed by atoms with Crippen molar-refractivity contribution < 1.29 is 13.7 Å². The van der Waals surface area contributed by atoms with Crippen molar-refractivity contribution in [2.24, 2.45) is 34.4 Å². The van der Waals surface area contributed by atoms with Gasteiger partial charge < -0.3 is 0 Å². The molecule has 16 heavy (non-hydrogen) atoms. The summed E-state index contributed by atoms with van der Waals surface area (Å²) >= 11 is -0.643. The molecule has 0 fully saturated rings. The Kier molecular flexibility index (Phi) is 9.47. The fourth-order valence-electron chi connectivity index (χ4n) is 1.34. The van der Waals surface area contributed by atoms with E-state index < -0.39 is 13.7 Å². The fourth-order valence-corrected chi connectivity index (χ4v) is 4.62. The van der Waals surface area contributed by atoms with Gasteiger partial charge >= 0.3 is 102 Å². The molecule has 0 aliphatic rings. The van der Waals surface area contributed by atoms with Gasteiger partial charge in [-0.3, -0.25) is 0 Å². The molecular formula is C9H27CoN6. The first-order valence-corrected chi connectivity index (χ1v) is 7.33. The molecule has 0 saturated heterocycles. The quantitative estimate of drug-likeness (QED) is 0.274. The molecule has 0 saturated carbocycles. The summed E-state index contributed by atoms with van der Waals surface area (Å²) < 4.78 is 0. The first-order chi connectivity index (χ1) is 7.58. The van der Waals surface area contributed by atoms with E-state index in [1.807, 2.05) is 0 Å². The van der Waals surface area contributed by atoms with Gasteiger partial charge in [0.25, 0.3) is 0 Å². The maximum atomic E-state index is 6.10. The van der Waals surface area contributed by atoms with Gasteiger partial charge in [0, 0.05) is 0 Å². The van der Waals surface area contributed by atoms with Crippen LogP contribution in [-0.2, 0) is 13.7 Å². The van der Waals surface area contributed by atoms with E-state index in [9.17, 15) is 0 Å². The van der Waals surface area contributed by atoms with Gasteiger partial charge in [0.05, 0.1) is 0 Å². The standard InChI is InChI=1S/3C3H9N2.Co/c3*4-2-1-3-5;/h3*2H,1,3-5H2;. The second-order valence-corrected chi connectivity index (χ2v) is 6.87. The second kappa shape index (κ2) is 9.31. The summed E-state index contributed by atoms with van der Waals surface area (Å²) in [5.74, 6) is 0. The Morgan fingerprint density at radius 3 is 1.06 bits per heavy atom. The molecule has 0 aromatic carbocycles. The third-order valence-corrected chi connectivity index (χ3v) is 5.72. The van der Waals surface area contributed by atoms with E-state index in [-0.39, 0.29) is 14.9 Å². The molecule has 6 nitrogen and oxygen atoms in total. The second-order valence-electron chi connectivity index (χ2n) is 3.51. The summed E-state index contributed by atoms with van der Waals surface area (Å²) in [5, 5.41) is 0. The van der Waals surface area contributed by atoms with E-state index >= 15 is 0 Å². The number of rotatable bonds is 9. The third-order valence-electron chi connectivity index (χ3n) is 2.14.